The standard InChI is InChI=1S/C15H16ClN3O2/c1-19(12-6-7-17-8-12)15(20)13-9-21-18-14(13)10-2-4-11(16)5-3-10/h2-5,9,12,17H,6-8H2,1H3/t12-/m1/s1. The van der Waals surface area contributed by atoms with Crippen LogP contribution in [0.15, 0.2) is 35.1 Å². The van der Waals surface area contributed by atoms with Gasteiger partial charge in [0.05, 0.1) is 0 Å². The molecule has 0 bridgehead atoms. The number of halogens is 1. The molecule has 1 atom stereocenters. The zero-order valence-electron chi connectivity index (χ0n) is 11.7. The van der Waals surface area contributed by atoms with Gasteiger partial charge in [-0.3, -0.25) is 4.79 Å². The normalized spacial score (nSPS) is 17.9. The summed E-state index contributed by atoms with van der Waals surface area (Å²) < 4.78 is 5.02. The van der Waals surface area contributed by atoms with Gasteiger partial charge in [0.15, 0.2) is 0 Å². The molecule has 1 amide bonds. The van der Waals surface area contributed by atoms with Crippen LogP contribution in [0.25, 0.3) is 11.3 Å². The molecule has 1 aliphatic rings. The first-order chi connectivity index (χ1) is 10.2. The second-order valence-electron chi connectivity index (χ2n) is 5.15. The third-order valence-corrected chi connectivity index (χ3v) is 4.07. The quantitative estimate of drug-likeness (QED) is 0.946. The summed E-state index contributed by atoms with van der Waals surface area (Å²) in [5.41, 5.74) is 1.84. The van der Waals surface area contributed by atoms with Crippen molar-refractivity contribution < 1.29 is 9.32 Å². The average molecular weight is 306 g/mol. The van der Waals surface area contributed by atoms with E-state index < -0.39 is 0 Å². The van der Waals surface area contributed by atoms with Gasteiger partial charge in [-0.05, 0) is 25.1 Å². The van der Waals surface area contributed by atoms with Crippen molar-refractivity contribution in [3.8, 4) is 11.3 Å². The minimum atomic E-state index is -0.0742. The topological polar surface area (TPSA) is 58.4 Å². The Bertz CT molecular complexity index is 633. The fourth-order valence-corrected chi connectivity index (χ4v) is 2.66. The minimum Gasteiger partial charge on any atom is -0.363 e. The van der Waals surface area contributed by atoms with Crippen molar-refractivity contribution in [3.63, 3.8) is 0 Å². The van der Waals surface area contributed by atoms with Gasteiger partial charge in [0.2, 0.25) is 0 Å². The van der Waals surface area contributed by atoms with E-state index >= 15 is 0 Å². The van der Waals surface area contributed by atoms with Crippen molar-refractivity contribution in [2.24, 2.45) is 0 Å². The molecule has 0 aliphatic carbocycles. The number of carbonyl (C=O) groups is 1. The molecule has 1 saturated heterocycles. The summed E-state index contributed by atoms with van der Waals surface area (Å²) in [6.07, 6.45) is 2.37. The Labute approximate surface area is 127 Å². The lowest BCUT2D eigenvalue weighted by Gasteiger charge is -2.23. The highest BCUT2D eigenvalue weighted by molar-refractivity contribution is 6.30. The Kier molecular flexibility index (Phi) is 3.94. The summed E-state index contributed by atoms with van der Waals surface area (Å²) in [5.74, 6) is -0.0742. The monoisotopic (exact) mass is 305 g/mol. The largest absolute Gasteiger partial charge is 0.363 e. The third kappa shape index (κ3) is 2.80. The van der Waals surface area contributed by atoms with E-state index in [1.807, 2.05) is 19.2 Å². The van der Waals surface area contributed by atoms with Crippen molar-refractivity contribution in [1.82, 2.24) is 15.4 Å². The summed E-state index contributed by atoms with van der Waals surface area (Å²) in [4.78, 5) is 14.4. The van der Waals surface area contributed by atoms with Crippen molar-refractivity contribution in [1.29, 1.82) is 0 Å². The Balaban J connectivity index is 1.87. The Morgan fingerprint density at radius 1 is 1.43 bits per heavy atom. The molecule has 3 rings (SSSR count). The van der Waals surface area contributed by atoms with Gasteiger partial charge in [0.25, 0.3) is 5.91 Å². The summed E-state index contributed by atoms with van der Waals surface area (Å²) >= 11 is 5.89. The van der Waals surface area contributed by atoms with Crippen LogP contribution in [-0.2, 0) is 0 Å². The molecule has 1 aliphatic heterocycles. The molecular weight excluding hydrogens is 290 g/mol. The van der Waals surface area contributed by atoms with Crippen LogP contribution in [0.5, 0.6) is 0 Å². The van der Waals surface area contributed by atoms with E-state index in [0.717, 1.165) is 25.1 Å². The van der Waals surface area contributed by atoms with E-state index in [1.54, 1.807) is 17.0 Å². The van der Waals surface area contributed by atoms with E-state index in [-0.39, 0.29) is 11.9 Å². The number of amides is 1. The molecule has 2 aromatic rings. The molecule has 0 unspecified atom stereocenters. The second kappa shape index (κ2) is 5.87. The third-order valence-electron chi connectivity index (χ3n) is 3.82. The van der Waals surface area contributed by atoms with Gasteiger partial charge in [0.1, 0.15) is 17.5 Å². The molecule has 1 N–H and O–H groups in total. The molecule has 5 nitrogen and oxygen atoms in total. The van der Waals surface area contributed by atoms with Gasteiger partial charge in [-0.25, -0.2) is 0 Å². The summed E-state index contributed by atoms with van der Waals surface area (Å²) in [6, 6.07) is 7.40. The number of nitrogens with one attached hydrogen (secondary N) is 1. The van der Waals surface area contributed by atoms with Crippen LogP contribution in [0, 0.1) is 0 Å². The van der Waals surface area contributed by atoms with Crippen LogP contribution >= 0.6 is 11.6 Å². The van der Waals surface area contributed by atoms with Crippen LogP contribution in [0.4, 0.5) is 0 Å². The Hall–Kier alpha value is -1.85. The fraction of sp³-hybridized carbons (Fsp3) is 0.333. The number of benzene rings is 1. The number of nitrogens with zero attached hydrogens (tertiary/aromatic N) is 2. The molecule has 1 aromatic carbocycles. The molecule has 0 spiro atoms. The Morgan fingerprint density at radius 2 is 2.19 bits per heavy atom. The number of hydrogen-bond acceptors (Lipinski definition) is 4. The predicted octanol–water partition coefficient (Wildman–Crippen LogP) is 2.43. The van der Waals surface area contributed by atoms with Crippen LogP contribution in [-0.4, -0.2) is 42.1 Å². The van der Waals surface area contributed by atoms with E-state index in [2.05, 4.69) is 10.5 Å². The predicted molar refractivity (Wildman–Crippen MR) is 80.3 cm³/mol. The highest BCUT2D eigenvalue weighted by Gasteiger charge is 2.27. The molecule has 0 saturated carbocycles. The number of aromatic nitrogens is 1. The van der Waals surface area contributed by atoms with Gasteiger partial charge in [0, 0.05) is 30.2 Å². The van der Waals surface area contributed by atoms with E-state index in [9.17, 15) is 4.79 Å². The highest BCUT2D eigenvalue weighted by Crippen LogP contribution is 2.25. The maximum atomic E-state index is 12.6. The number of hydrogen-bond donors (Lipinski definition) is 1. The lowest BCUT2D eigenvalue weighted by atomic mass is 10.1. The summed E-state index contributed by atoms with van der Waals surface area (Å²) in [5, 5.41) is 7.87. The van der Waals surface area contributed by atoms with Crippen molar-refractivity contribution in [3.05, 3.63) is 41.1 Å². The SMILES string of the molecule is CN(C(=O)c1conc1-c1ccc(Cl)cc1)[C@@H]1CCNC1. The summed E-state index contributed by atoms with van der Waals surface area (Å²) in [6.45, 7) is 1.76. The molecule has 2 heterocycles. The van der Waals surface area contributed by atoms with E-state index in [0.29, 0.717) is 16.3 Å². The summed E-state index contributed by atoms with van der Waals surface area (Å²) in [7, 11) is 1.82. The van der Waals surface area contributed by atoms with Crippen LogP contribution in [0.3, 0.4) is 0 Å². The van der Waals surface area contributed by atoms with Gasteiger partial charge < -0.3 is 14.7 Å². The van der Waals surface area contributed by atoms with Gasteiger partial charge in [-0.1, -0.05) is 28.9 Å². The minimum absolute atomic E-state index is 0.0742. The maximum absolute atomic E-state index is 12.6. The van der Waals surface area contributed by atoms with Crippen LogP contribution < -0.4 is 5.32 Å². The van der Waals surface area contributed by atoms with Crippen molar-refractivity contribution >= 4 is 17.5 Å². The average Bonchev–Trinajstić information content (AvgIpc) is 3.17. The van der Waals surface area contributed by atoms with E-state index in [4.69, 9.17) is 16.1 Å². The molecule has 21 heavy (non-hydrogen) atoms. The molecule has 1 fully saturated rings. The zero-order valence-corrected chi connectivity index (χ0v) is 12.4. The molecule has 0 radical (unpaired) electrons. The van der Waals surface area contributed by atoms with Gasteiger partial charge >= 0.3 is 0 Å². The number of rotatable bonds is 3. The fourth-order valence-electron chi connectivity index (χ4n) is 2.53. The molecule has 6 heteroatoms. The lowest BCUT2D eigenvalue weighted by Crippen LogP contribution is -2.38. The van der Waals surface area contributed by atoms with Crippen LogP contribution in [0.1, 0.15) is 16.8 Å². The van der Waals surface area contributed by atoms with Gasteiger partial charge in [-0.15, -0.1) is 0 Å². The van der Waals surface area contributed by atoms with Crippen molar-refractivity contribution in [2.45, 2.75) is 12.5 Å². The highest BCUT2D eigenvalue weighted by atomic mass is 35.5. The van der Waals surface area contributed by atoms with Crippen LogP contribution in [0.2, 0.25) is 5.02 Å². The number of likely N-dealkylation sites (N-methyl/N-ethyl adjacent to an activating group) is 1. The van der Waals surface area contributed by atoms with E-state index in [1.165, 1.54) is 6.26 Å². The smallest absolute Gasteiger partial charge is 0.259 e. The zero-order chi connectivity index (χ0) is 14.8. The first kappa shape index (κ1) is 14.1. The molecule has 1 aromatic heterocycles. The Morgan fingerprint density at radius 3 is 2.86 bits per heavy atom. The lowest BCUT2D eigenvalue weighted by molar-refractivity contribution is 0.0743. The molecular formula is C15H16ClN3O2. The second-order valence-corrected chi connectivity index (χ2v) is 5.58. The van der Waals surface area contributed by atoms with Gasteiger partial charge in [-0.2, -0.15) is 0 Å². The maximum Gasteiger partial charge on any atom is 0.259 e. The number of carbonyl (C=O) groups excluding carboxylic acids is 1. The molecule has 110 valence electrons. The first-order valence-corrected chi connectivity index (χ1v) is 7.23. The first-order valence-electron chi connectivity index (χ1n) is 6.85. The van der Waals surface area contributed by atoms with Crippen molar-refractivity contribution in [2.75, 3.05) is 20.1 Å².